The van der Waals surface area contributed by atoms with Crippen LogP contribution in [0.3, 0.4) is 0 Å². The van der Waals surface area contributed by atoms with Crippen LogP contribution >= 0.6 is 0 Å². The number of nitrogens with one attached hydrogen (secondary N) is 1. The van der Waals surface area contributed by atoms with E-state index in [9.17, 15) is 9.00 Å². The molecule has 16 heavy (non-hydrogen) atoms. The predicted molar refractivity (Wildman–Crippen MR) is 68.6 cm³/mol. The molecule has 1 amide bonds. The van der Waals surface area contributed by atoms with Gasteiger partial charge in [-0.2, -0.15) is 0 Å². The minimum absolute atomic E-state index is 0.128. The van der Waals surface area contributed by atoms with Crippen molar-refractivity contribution in [3.8, 4) is 0 Å². The Hall–Kier alpha value is -0.420. The first-order valence-corrected chi connectivity index (χ1v) is 7.18. The van der Waals surface area contributed by atoms with Gasteiger partial charge in [0, 0.05) is 22.6 Å². The highest BCUT2D eigenvalue weighted by molar-refractivity contribution is 7.86. The maximum atomic E-state index is 11.8. The zero-order chi connectivity index (χ0) is 12.7. The van der Waals surface area contributed by atoms with Crippen LogP contribution in [-0.4, -0.2) is 33.7 Å². The summed E-state index contributed by atoms with van der Waals surface area (Å²) in [5.41, 5.74) is 5.46. The second-order valence-electron chi connectivity index (χ2n) is 4.35. The molecule has 0 aromatic carbocycles. The first-order chi connectivity index (χ1) is 7.42. The van der Waals surface area contributed by atoms with Crippen LogP contribution in [0.1, 0.15) is 34.1 Å². The van der Waals surface area contributed by atoms with Crippen molar-refractivity contribution in [2.75, 3.05) is 12.3 Å². The highest BCUT2D eigenvalue weighted by Gasteiger charge is 2.21. The number of hydrogen-bond acceptors (Lipinski definition) is 3. The maximum absolute atomic E-state index is 11.8. The third-order valence-corrected chi connectivity index (χ3v) is 4.52. The normalized spacial score (nSPS) is 18.6. The van der Waals surface area contributed by atoms with Crippen molar-refractivity contribution < 1.29 is 9.00 Å². The Morgan fingerprint density at radius 3 is 2.38 bits per heavy atom. The van der Waals surface area contributed by atoms with Crippen molar-refractivity contribution in [2.24, 2.45) is 11.7 Å². The molecule has 0 bridgehead atoms. The molecule has 3 N–H and O–H groups in total. The van der Waals surface area contributed by atoms with Crippen LogP contribution in [0.4, 0.5) is 0 Å². The third-order valence-electron chi connectivity index (χ3n) is 2.62. The Labute approximate surface area is 101 Å². The van der Waals surface area contributed by atoms with Crippen LogP contribution in [-0.2, 0) is 15.6 Å². The van der Waals surface area contributed by atoms with Gasteiger partial charge in [-0.1, -0.05) is 13.8 Å². The lowest BCUT2D eigenvalue weighted by Crippen LogP contribution is -2.41. The van der Waals surface area contributed by atoms with E-state index in [-0.39, 0.29) is 17.9 Å². The lowest BCUT2D eigenvalue weighted by Gasteiger charge is -2.17. The summed E-state index contributed by atoms with van der Waals surface area (Å²) < 4.78 is 11.8. The first kappa shape index (κ1) is 15.6. The average molecular weight is 248 g/mol. The quantitative estimate of drug-likeness (QED) is 0.694. The van der Waals surface area contributed by atoms with Gasteiger partial charge < -0.3 is 11.1 Å². The van der Waals surface area contributed by atoms with Crippen LogP contribution < -0.4 is 11.1 Å². The van der Waals surface area contributed by atoms with Gasteiger partial charge in [-0.05, 0) is 32.7 Å². The molecule has 0 radical (unpaired) electrons. The summed E-state index contributed by atoms with van der Waals surface area (Å²) in [6.45, 7) is 8.10. The third kappa shape index (κ3) is 5.61. The Kier molecular flexibility index (Phi) is 7.58. The highest BCUT2D eigenvalue weighted by Crippen LogP contribution is 2.03. The zero-order valence-corrected chi connectivity index (χ0v) is 11.5. The molecule has 4 atom stereocenters. The number of nitrogens with two attached hydrogens (primary N) is 1. The van der Waals surface area contributed by atoms with Gasteiger partial charge in [0.05, 0.1) is 0 Å². The molecular weight excluding hydrogens is 224 g/mol. The second-order valence-corrected chi connectivity index (χ2v) is 6.15. The summed E-state index contributed by atoms with van der Waals surface area (Å²) in [6, 6.07) is 0.138. The molecule has 96 valence electrons. The molecule has 4 unspecified atom stereocenters. The molecule has 0 spiro atoms. The SMILES string of the molecule is CCC(C)NC(=O)C(C)S(=O)CC(C)CN. The lowest BCUT2D eigenvalue weighted by molar-refractivity contribution is -0.120. The lowest BCUT2D eigenvalue weighted by atomic mass is 10.2. The van der Waals surface area contributed by atoms with Crippen LogP contribution in [0.15, 0.2) is 0 Å². The Balaban J connectivity index is 4.16. The molecule has 0 saturated carbocycles. The zero-order valence-electron chi connectivity index (χ0n) is 10.7. The molecule has 0 aliphatic heterocycles. The molecular formula is C11H24N2O2S. The van der Waals surface area contributed by atoms with Gasteiger partial charge in [-0.3, -0.25) is 9.00 Å². The minimum Gasteiger partial charge on any atom is -0.353 e. The van der Waals surface area contributed by atoms with Gasteiger partial charge in [0.1, 0.15) is 5.25 Å². The van der Waals surface area contributed by atoms with E-state index in [1.807, 2.05) is 20.8 Å². The minimum atomic E-state index is -1.14. The predicted octanol–water partition coefficient (Wildman–Crippen LogP) is 0.633. The number of rotatable bonds is 7. The molecule has 0 heterocycles. The van der Waals surface area contributed by atoms with Gasteiger partial charge in [0.25, 0.3) is 0 Å². The number of carbonyl (C=O) groups is 1. The van der Waals surface area contributed by atoms with Crippen LogP contribution in [0.2, 0.25) is 0 Å². The van der Waals surface area contributed by atoms with Crippen molar-refractivity contribution in [3.05, 3.63) is 0 Å². The van der Waals surface area contributed by atoms with Crippen molar-refractivity contribution >= 4 is 16.7 Å². The Bertz CT molecular complexity index is 222. The van der Waals surface area contributed by atoms with Crippen LogP contribution in [0.5, 0.6) is 0 Å². The van der Waals surface area contributed by atoms with Crippen molar-refractivity contribution in [2.45, 2.75) is 45.4 Å². The molecule has 0 aromatic heterocycles. The molecule has 5 heteroatoms. The summed E-state index contributed by atoms with van der Waals surface area (Å²) in [5.74, 6) is 0.558. The smallest absolute Gasteiger partial charge is 0.235 e. The topological polar surface area (TPSA) is 72.2 Å². The second kappa shape index (κ2) is 7.79. The van der Waals surface area contributed by atoms with E-state index in [1.54, 1.807) is 6.92 Å². The van der Waals surface area contributed by atoms with E-state index < -0.39 is 16.0 Å². The number of carbonyl (C=O) groups excluding carboxylic acids is 1. The summed E-state index contributed by atoms with van der Waals surface area (Å²) >= 11 is 0. The van der Waals surface area contributed by atoms with E-state index in [1.165, 1.54) is 0 Å². The monoisotopic (exact) mass is 248 g/mol. The highest BCUT2D eigenvalue weighted by atomic mass is 32.2. The largest absolute Gasteiger partial charge is 0.353 e. The van der Waals surface area contributed by atoms with E-state index >= 15 is 0 Å². The Morgan fingerprint density at radius 2 is 1.94 bits per heavy atom. The molecule has 0 fully saturated rings. The van der Waals surface area contributed by atoms with Crippen LogP contribution in [0, 0.1) is 5.92 Å². The van der Waals surface area contributed by atoms with Crippen molar-refractivity contribution in [1.82, 2.24) is 5.32 Å². The number of hydrogen-bond donors (Lipinski definition) is 2. The van der Waals surface area contributed by atoms with Gasteiger partial charge in [0.15, 0.2) is 0 Å². The van der Waals surface area contributed by atoms with Crippen molar-refractivity contribution in [1.29, 1.82) is 0 Å². The molecule has 4 nitrogen and oxygen atoms in total. The van der Waals surface area contributed by atoms with E-state index in [0.29, 0.717) is 12.3 Å². The van der Waals surface area contributed by atoms with Crippen LogP contribution in [0.25, 0.3) is 0 Å². The molecule has 0 saturated heterocycles. The van der Waals surface area contributed by atoms with Gasteiger partial charge in [-0.15, -0.1) is 0 Å². The summed E-state index contributed by atoms with van der Waals surface area (Å²) in [6.07, 6.45) is 0.879. The van der Waals surface area contributed by atoms with Gasteiger partial charge in [0.2, 0.25) is 5.91 Å². The number of amides is 1. The molecule has 0 aromatic rings. The molecule has 0 aliphatic rings. The molecule has 0 rings (SSSR count). The maximum Gasteiger partial charge on any atom is 0.235 e. The fourth-order valence-corrected chi connectivity index (χ4v) is 2.37. The Morgan fingerprint density at radius 1 is 1.38 bits per heavy atom. The average Bonchev–Trinajstić information content (AvgIpc) is 2.27. The standard InChI is InChI=1S/C11H24N2O2S/c1-5-9(3)13-11(14)10(4)16(15)7-8(2)6-12/h8-10H,5-7,12H2,1-4H3,(H,13,14). The fourth-order valence-electron chi connectivity index (χ4n) is 1.07. The summed E-state index contributed by atoms with van der Waals surface area (Å²) in [4.78, 5) is 11.7. The van der Waals surface area contributed by atoms with E-state index in [2.05, 4.69) is 5.32 Å². The summed E-state index contributed by atoms with van der Waals surface area (Å²) in [7, 11) is -1.14. The first-order valence-electron chi connectivity index (χ1n) is 5.79. The van der Waals surface area contributed by atoms with Gasteiger partial charge >= 0.3 is 0 Å². The van der Waals surface area contributed by atoms with E-state index in [4.69, 9.17) is 5.73 Å². The molecule has 0 aliphatic carbocycles. The fraction of sp³-hybridized carbons (Fsp3) is 0.909. The summed E-state index contributed by atoms with van der Waals surface area (Å²) in [5, 5.41) is 2.38. The van der Waals surface area contributed by atoms with Crippen molar-refractivity contribution in [3.63, 3.8) is 0 Å². The van der Waals surface area contributed by atoms with E-state index in [0.717, 1.165) is 6.42 Å². The van der Waals surface area contributed by atoms with Gasteiger partial charge in [-0.25, -0.2) is 0 Å².